The van der Waals surface area contributed by atoms with Crippen LogP contribution >= 0.6 is 0 Å². The van der Waals surface area contributed by atoms with Gasteiger partial charge in [0.05, 0.1) is 23.3 Å². The first-order valence-electron chi connectivity index (χ1n) is 18.3. The Kier molecular flexibility index (Phi) is 14.2. The lowest BCUT2D eigenvalue weighted by Gasteiger charge is -2.18. The second kappa shape index (κ2) is 18.8. The standard InChI is InChI=1S/C46H48N2O9/c1-25(2)42(50)15-16-55-45(53)40-23-36(29(7)21-38(40)31(9)49)37-24-41(46(54)57-18-17-56-44(52)26(3)4)39(22-30(37)8)43(51)48-33-12-14-35(28(6)20-33)34-13-11-32(47-10)19-27(34)5/h11-14,19-24,47H,1,3,15-18H2,2,4-10H3,(H,48,51). The monoisotopic (exact) mass is 772 g/mol. The largest absolute Gasteiger partial charge is 0.462 e. The number of Topliss-reactive ketones (excluding diaryl/α,β-unsaturated/α-hetero) is 2. The molecule has 0 heterocycles. The first-order chi connectivity index (χ1) is 26.9. The minimum absolute atomic E-state index is 0.0141. The van der Waals surface area contributed by atoms with Crippen LogP contribution in [0.3, 0.4) is 0 Å². The van der Waals surface area contributed by atoms with Gasteiger partial charge in [-0.25, -0.2) is 14.4 Å². The zero-order chi connectivity index (χ0) is 42.1. The molecule has 0 saturated heterocycles. The zero-order valence-electron chi connectivity index (χ0n) is 33.7. The predicted molar refractivity (Wildman–Crippen MR) is 221 cm³/mol. The number of anilines is 2. The second-order valence-electron chi connectivity index (χ2n) is 13.9. The van der Waals surface area contributed by atoms with Crippen LogP contribution in [0.5, 0.6) is 0 Å². The molecule has 0 aliphatic heterocycles. The molecule has 0 bridgehead atoms. The molecule has 0 spiro atoms. The Morgan fingerprint density at radius 2 is 1.02 bits per heavy atom. The molecular weight excluding hydrogens is 725 g/mol. The van der Waals surface area contributed by atoms with Crippen molar-refractivity contribution in [3.8, 4) is 22.3 Å². The van der Waals surface area contributed by atoms with Crippen molar-refractivity contribution >= 4 is 46.8 Å². The van der Waals surface area contributed by atoms with E-state index in [9.17, 15) is 28.8 Å². The molecule has 0 radical (unpaired) electrons. The predicted octanol–water partition coefficient (Wildman–Crippen LogP) is 8.72. The smallest absolute Gasteiger partial charge is 0.339 e. The maximum atomic E-state index is 14.0. The molecular formula is C46H48N2O9. The van der Waals surface area contributed by atoms with Gasteiger partial charge in [0.15, 0.2) is 11.6 Å². The summed E-state index contributed by atoms with van der Waals surface area (Å²) >= 11 is 0. The number of nitrogens with one attached hydrogen (secondary N) is 2. The van der Waals surface area contributed by atoms with E-state index in [0.29, 0.717) is 33.5 Å². The van der Waals surface area contributed by atoms with Crippen molar-refractivity contribution in [1.82, 2.24) is 0 Å². The highest BCUT2D eigenvalue weighted by Crippen LogP contribution is 2.34. The van der Waals surface area contributed by atoms with E-state index in [0.717, 1.165) is 27.9 Å². The van der Waals surface area contributed by atoms with Crippen LogP contribution in [0.4, 0.5) is 11.4 Å². The molecule has 11 heteroatoms. The number of carbonyl (C=O) groups is 6. The topological polar surface area (TPSA) is 154 Å². The van der Waals surface area contributed by atoms with Gasteiger partial charge in [-0.15, -0.1) is 0 Å². The van der Waals surface area contributed by atoms with Gasteiger partial charge in [-0.05, 0) is 147 Å². The molecule has 4 aromatic carbocycles. The molecule has 0 fully saturated rings. The van der Waals surface area contributed by atoms with Crippen LogP contribution in [0.15, 0.2) is 85.0 Å². The number of esters is 3. The molecule has 1 amide bonds. The molecule has 0 atom stereocenters. The highest BCUT2D eigenvalue weighted by molar-refractivity contribution is 6.12. The van der Waals surface area contributed by atoms with Crippen LogP contribution in [-0.4, -0.2) is 62.2 Å². The molecule has 4 rings (SSSR count). The lowest BCUT2D eigenvalue weighted by Crippen LogP contribution is -2.20. The fraction of sp³-hybridized carbons (Fsp3) is 0.261. The number of carbonyl (C=O) groups excluding carboxylic acids is 6. The number of rotatable bonds is 16. The number of ketones is 2. The van der Waals surface area contributed by atoms with Gasteiger partial charge in [-0.2, -0.15) is 0 Å². The van der Waals surface area contributed by atoms with Crippen molar-refractivity contribution < 1.29 is 43.0 Å². The van der Waals surface area contributed by atoms with E-state index in [4.69, 9.17) is 14.2 Å². The van der Waals surface area contributed by atoms with E-state index in [-0.39, 0.29) is 65.6 Å². The van der Waals surface area contributed by atoms with Crippen molar-refractivity contribution in [3.05, 3.63) is 129 Å². The Hall–Kier alpha value is -6.62. The second-order valence-corrected chi connectivity index (χ2v) is 13.9. The van der Waals surface area contributed by atoms with E-state index in [2.05, 4.69) is 29.9 Å². The zero-order valence-corrected chi connectivity index (χ0v) is 33.7. The highest BCUT2D eigenvalue weighted by Gasteiger charge is 2.25. The number of benzene rings is 4. The third kappa shape index (κ3) is 10.6. The van der Waals surface area contributed by atoms with Crippen LogP contribution in [0.1, 0.15) is 90.9 Å². The molecule has 11 nitrogen and oxygen atoms in total. The average molecular weight is 773 g/mol. The molecule has 0 saturated carbocycles. The summed E-state index contributed by atoms with van der Waals surface area (Å²) in [6.45, 7) is 18.3. The van der Waals surface area contributed by atoms with E-state index in [1.807, 2.05) is 45.2 Å². The third-order valence-electron chi connectivity index (χ3n) is 9.31. The van der Waals surface area contributed by atoms with Crippen molar-refractivity contribution in [1.29, 1.82) is 0 Å². The van der Waals surface area contributed by atoms with Gasteiger partial charge in [0.2, 0.25) is 0 Å². The summed E-state index contributed by atoms with van der Waals surface area (Å²) in [4.78, 5) is 77.6. The molecule has 0 aliphatic rings. The number of allylic oxidation sites excluding steroid dienone is 1. The molecule has 4 aromatic rings. The minimum atomic E-state index is -0.861. The first-order valence-corrected chi connectivity index (χ1v) is 18.3. The number of ether oxygens (including phenoxy) is 3. The maximum absolute atomic E-state index is 14.0. The summed E-state index contributed by atoms with van der Waals surface area (Å²) < 4.78 is 15.9. The van der Waals surface area contributed by atoms with Crippen molar-refractivity contribution in [3.63, 3.8) is 0 Å². The van der Waals surface area contributed by atoms with E-state index >= 15 is 0 Å². The van der Waals surface area contributed by atoms with Crippen LogP contribution in [0.2, 0.25) is 0 Å². The normalized spacial score (nSPS) is 10.6. The molecule has 0 aliphatic carbocycles. The Bertz CT molecular complexity index is 2320. The molecule has 57 heavy (non-hydrogen) atoms. The number of aryl methyl sites for hydroxylation is 4. The number of amides is 1. The van der Waals surface area contributed by atoms with Crippen molar-refractivity contribution in [2.45, 2.75) is 54.9 Å². The molecule has 296 valence electrons. The van der Waals surface area contributed by atoms with Gasteiger partial charge in [0.25, 0.3) is 5.91 Å². The maximum Gasteiger partial charge on any atom is 0.339 e. The van der Waals surface area contributed by atoms with Crippen LogP contribution in [0, 0.1) is 27.7 Å². The minimum Gasteiger partial charge on any atom is -0.462 e. The number of hydrogen-bond donors (Lipinski definition) is 2. The highest BCUT2D eigenvalue weighted by atomic mass is 16.6. The van der Waals surface area contributed by atoms with Gasteiger partial charge in [-0.1, -0.05) is 25.3 Å². The van der Waals surface area contributed by atoms with Gasteiger partial charge in [-0.3, -0.25) is 14.4 Å². The molecule has 0 unspecified atom stereocenters. The van der Waals surface area contributed by atoms with Gasteiger partial charge in [0, 0.05) is 36.0 Å². The fourth-order valence-electron chi connectivity index (χ4n) is 6.17. The van der Waals surface area contributed by atoms with Crippen LogP contribution in [-0.2, 0) is 23.8 Å². The van der Waals surface area contributed by atoms with E-state index < -0.39 is 23.8 Å². The molecule has 0 aromatic heterocycles. The van der Waals surface area contributed by atoms with Crippen molar-refractivity contribution in [2.24, 2.45) is 0 Å². The Morgan fingerprint density at radius 3 is 1.53 bits per heavy atom. The quantitative estimate of drug-likeness (QED) is 0.0372. The Morgan fingerprint density at radius 1 is 0.544 bits per heavy atom. The average Bonchev–Trinajstić information content (AvgIpc) is 3.16. The van der Waals surface area contributed by atoms with E-state index in [1.54, 1.807) is 39.0 Å². The first kappa shape index (κ1) is 43.1. The number of hydrogen-bond acceptors (Lipinski definition) is 10. The summed E-state index contributed by atoms with van der Waals surface area (Å²) in [5, 5.41) is 6.05. The summed E-state index contributed by atoms with van der Waals surface area (Å²) in [7, 11) is 1.86. The Balaban J connectivity index is 1.74. The van der Waals surface area contributed by atoms with Crippen molar-refractivity contribution in [2.75, 3.05) is 37.5 Å². The summed E-state index contributed by atoms with van der Waals surface area (Å²) in [5.74, 6) is -3.52. The summed E-state index contributed by atoms with van der Waals surface area (Å²) in [6, 6.07) is 17.8. The van der Waals surface area contributed by atoms with E-state index in [1.165, 1.54) is 26.0 Å². The lowest BCUT2D eigenvalue weighted by atomic mass is 9.88. The third-order valence-corrected chi connectivity index (χ3v) is 9.31. The van der Waals surface area contributed by atoms with Gasteiger partial charge < -0.3 is 24.8 Å². The van der Waals surface area contributed by atoms with Gasteiger partial charge >= 0.3 is 17.9 Å². The molecule has 2 N–H and O–H groups in total. The van der Waals surface area contributed by atoms with Crippen LogP contribution in [0.25, 0.3) is 22.3 Å². The van der Waals surface area contributed by atoms with Gasteiger partial charge in [0.1, 0.15) is 13.2 Å². The fourth-order valence-corrected chi connectivity index (χ4v) is 6.17. The SMILES string of the molecule is C=C(C)C(=O)CCOC(=O)c1cc(-c2cc(C(=O)OCCOC(=O)C(=C)C)c(C(=O)Nc3ccc(-c4ccc(NC)cc4C)c(C)c3)cc2C)c(C)cc1C(C)=O. The van der Waals surface area contributed by atoms with Crippen LogP contribution < -0.4 is 10.6 Å². The Labute approximate surface area is 333 Å². The summed E-state index contributed by atoms with van der Waals surface area (Å²) in [6.07, 6.45) is -0.0656. The lowest BCUT2D eigenvalue weighted by molar-refractivity contribution is -0.140. The summed E-state index contributed by atoms with van der Waals surface area (Å²) in [5.41, 5.74) is 8.23.